The summed E-state index contributed by atoms with van der Waals surface area (Å²) in [5, 5.41) is 3.63. The quantitative estimate of drug-likeness (QED) is 0.885. The van der Waals surface area contributed by atoms with Gasteiger partial charge in [-0.3, -0.25) is 0 Å². The van der Waals surface area contributed by atoms with Crippen molar-refractivity contribution in [2.75, 3.05) is 18.1 Å². The van der Waals surface area contributed by atoms with Crippen molar-refractivity contribution in [2.45, 2.75) is 32.2 Å². The van der Waals surface area contributed by atoms with Gasteiger partial charge in [0.15, 0.2) is 0 Å². The Morgan fingerprint density at radius 3 is 3.19 bits per heavy atom. The molecule has 1 N–H and O–H groups in total. The Morgan fingerprint density at radius 2 is 2.38 bits per heavy atom. The number of nitrogens with one attached hydrogen (secondary N) is 1. The number of aryl methyl sites for hydroxylation is 2. The third-order valence-corrected chi connectivity index (χ3v) is 6.02. The van der Waals surface area contributed by atoms with Crippen molar-refractivity contribution in [1.82, 2.24) is 5.32 Å². The summed E-state index contributed by atoms with van der Waals surface area (Å²) in [7, 11) is 0. The minimum absolute atomic E-state index is 0.928. The molecular formula is C13H19NS2. The Hall–Kier alpha value is 0.0100. The van der Waals surface area contributed by atoms with E-state index in [9.17, 15) is 0 Å². The lowest BCUT2D eigenvalue weighted by atomic mass is 10.1. The van der Waals surface area contributed by atoms with Crippen molar-refractivity contribution in [1.29, 1.82) is 0 Å². The normalized spacial score (nSPS) is 23.9. The lowest BCUT2D eigenvalue weighted by Gasteiger charge is -2.08. The van der Waals surface area contributed by atoms with Crippen LogP contribution >= 0.6 is 23.1 Å². The van der Waals surface area contributed by atoms with E-state index in [0.29, 0.717) is 0 Å². The lowest BCUT2D eigenvalue weighted by Crippen LogP contribution is -2.21. The predicted molar refractivity (Wildman–Crippen MR) is 73.5 cm³/mol. The number of thiophene rings is 1. The fourth-order valence-corrected chi connectivity index (χ4v) is 5.14. The minimum Gasteiger partial charge on any atom is -0.312 e. The molecule has 1 aliphatic carbocycles. The van der Waals surface area contributed by atoms with E-state index in [0.717, 1.165) is 12.5 Å². The average Bonchev–Trinajstić information content (AvgIpc) is 2.91. The van der Waals surface area contributed by atoms with Crippen LogP contribution in [-0.4, -0.2) is 18.1 Å². The molecule has 3 heteroatoms. The highest BCUT2D eigenvalue weighted by Crippen LogP contribution is 2.30. The van der Waals surface area contributed by atoms with Crippen LogP contribution in [0.5, 0.6) is 0 Å². The van der Waals surface area contributed by atoms with Crippen LogP contribution in [0.3, 0.4) is 0 Å². The predicted octanol–water partition coefficient (Wildman–Crippen LogP) is 3.08. The third kappa shape index (κ3) is 2.47. The molecule has 0 bridgehead atoms. The van der Waals surface area contributed by atoms with Gasteiger partial charge in [-0.25, -0.2) is 0 Å². The molecular weight excluding hydrogens is 234 g/mol. The van der Waals surface area contributed by atoms with E-state index in [2.05, 4.69) is 23.1 Å². The number of hydrogen-bond donors (Lipinski definition) is 1. The molecule has 1 fully saturated rings. The van der Waals surface area contributed by atoms with E-state index >= 15 is 0 Å². The maximum Gasteiger partial charge on any atom is 0.0300 e. The zero-order valence-corrected chi connectivity index (χ0v) is 11.3. The topological polar surface area (TPSA) is 12.0 Å². The summed E-state index contributed by atoms with van der Waals surface area (Å²) in [6.07, 6.45) is 5.46. The van der Waals surface area contributed by atoms with Crippen LogP contribution in [-0.2, 0) is 19.4 Å². The second kappa shape index (κ2) is 5.11. The minimum atomic E-state index is 0.928. The molecule has 0 saturated carbocycles. The number of fused-ring (bicyclic) bond motifs is 1. The Kier molecular flexibility index (Phi) is 3.55. The van der Waals surface area contributed by atoms with Gasteiger partial charge in [-0.15, -0.1) is 11.3 Å². The second-order valence-electron chi connectivity index (χ2n) is 4.88. The molecule has 0 amide bonds. The van der Waals surface area contributed by atoms with Gasteiger partial charge in [-0.1, -0.05) is 0 Å². The maximum atomic E-state index is 3.63. The highest BCUT2D eigenvalue weighted by molar-refractivity contribution is 7.99. The first-order valence-electron chi connectivity index (χ1n) is 6.31. The van der Waals surface area contributed by atoms with E-state index < -0.39 is 0 Å². The van der Waals surface area contributed by atoms with Gasteiger partial charge in [0.25, 0.3) is 0 Å². The van der Waals surface area contributed by atoms with Crippen molar-refractivity contribution in [2.24, 2.45) is 5.92 Å². The Bertz CT molecular complexity index is 331. The van der Waals surface area contributed by atoms with Gasteiger partial charge in [-0.05, 0) is 61.3 Å². The molecule has 16 heavy (non-hydrogen) atoms. The summed E-state index contributed by atoms with van der Waals surface area (Å²) < 4.78 is 0. The number of thioether (sulfide) groups is 1. The van der Waals surface area contributed by atoms with Crippen molar-refractivity contribution in [3.8, 4) is 0 Å². The van der Waals surface area contributed by atoms with Crippen LogP contribution in [0, 0.1) is 5.92 Å². The summed E-state index contributed by atoms with van der Waals surface area (Å²) >= 11 is 4.15. The van der Waals surface area contributed by atoms with E-state index in [1.807, 2.05) is 11.3 Å². The van der Waals surface area contributed by atoms with Crippen LogP contribution in [0.4, 0.5) is 0 Å². The van der Waals surface area contributed by atoms with Crippen LogP contribution in [0.15, 0.2) is 6.07 Å². The van der Waals surface area contributed by atoms with Crippen molar-refractivity contribution >= 4 is 23.1 Å². The van der Waals surface area contributed by atoms with E-state index in [1.165, 1.54) is 43.7 Å². The molecule has 1 saturated heterocycles. The number of hydrogen-bond acceptors (Lipinski definition) is 3. The Balaban J connectivity index is 1.47. The van der Waals surface area contributed by atoms with Gasteiger partial charge in [0.2, 0.25) is 0 Å². The smallest absolute Gasteiger partial charge is 0.0300 e. The molecule has 2 heterocycles. The zero-order valence-electron chi connectivity index (χ0n) is 9.63. The van der Waals surface area contributed by atoms with Crippen molar-refractivity contribution in [3.05, 3.63) is 21.4 Å². The van der Waals surface area contributed by atoms with Crippen molar-refractivity contribution < 1.29 is 0 Å². The molecule has 1 nitrogen and oxygen atoms in total. The summed E-state index contributed by atoms with van der Waals surface area (Å²) in [4.78, 5) is 3.21. The molecule has 2 aliphatic rings. The summed E-state index contributed by atoms with van der Waals surface area (Å²) in [5.41, 5.74) is 1.64. The summed E-state index contributed by atoms with van der Waals surface area (Å²) in [6, 6.07) is 2.43. The first kappa shape index (κ1) is 11.1. The molecule has 88 valence electrons. The van der Waals surface area contributed by atoms with E-state index in [1.54, 1.807) is 15.3 Å². The molecule has 1 aromatic heterocycles. The number of rotatable bonds is 4. The van der Waals surface area contributed by atoms with Crippen molar-refractivity contribution in [3.63, 3.8) is 0 Å². The largest absolute Gasteiger partial charge is 0.312 e. The molecule has 0 aromatic carbocycles. The molecule has 1 atom stereocenters. The molecule has 1 unspecified atom stereocenters. The highest BCUT2D eigenvalue weighted by atomic mass is 32.2. The first-order chi connectivity index (χ1) is 7.92. The molecule has 0 spiro atoms. The van der Waals surface area contributed by atoms with Gasteiger partial charge in [0.1, 0.15) is 0 Å². The fourth-order valence-electron chi connectivity index (χ4n) is 2.62. The zero-order chi connectivity index (χ0) is 10.8. The maximum absolute atomic E-state index is 3.63. The highest BCUT2D eigenvalue weighted by Gasteiger charge is 2.16. The van der Waals surface area contributed by atoms with Gasteiger partial charge < -0.3 is 5.32 Å². The van der Waals surface area contributed by atoms with Crippen LogP contribution in [0.1, 0.15) is 28.2 Å². The SMILES string of the molecule is c1c(CNCC2CCSC2)sc2c1CCC2. The molecule has 1 aliphatic heterocycles. The summed E-state index contributed by atoms with van der Waals surface area (Å²) in [6.45, 7) is 2.31. The monoisotopic (exact) mass is 253 g/mol. The van der Waals surface area contributed by atoms with E-state index in [4.69, 9.17) is 0 Å². The third-order valence-electron chi connectivity index (χ3n) is 3.55. The first-order valence-corrected chi connectivity index (χ1v) is 8.28. The molecule has 3 rings (SSSR count). The fraction of sp³-hybridized carbons (Fsp3) is 0.692. The Labute approximate surface area is 106 Å². The Morgan fingerprint density at radius 1 is 1.38 bits per heavy atom. The van der Waals surface area contributed by atoms with Crippen LogP contribution in [0.25, 0.3) is 0 Å². The van der Waals surface area contributed by atoms with Gasteiger partial charge in [-0.2, -0.15) is 11.8 Å². The van der Waals surface area contributed by atoms with E-state index in [-0.39, 0.29) is 0 Å². The van der Waals surface area contributed by atoms with Gasteiger partial charge in [0.05, 0.1) is 0 Å². The second-order valence-corrected chi connectivity index (χ2v) is 7.25. The van der Waals surface area contributed by atoms with Crippen LogP contribution in [0.2, 0.25) is 0 Å². The molecule has 0 radical (unpaired) electrons. The van der Waals surface area contributed by atoms with Crippen LogP contribution < -0.4 is 5.32 Å². The molecule has 1 aromatic rings. The van der Waals surface area contributed by atoms with Gasteiger partial charge >= 0.3 is 0 Å². The average molecular weight is 253 g/mol. The van der Waals surface area contributed by atoms with Gasteiger partial charge in [0, 0.05) is 16.3 Å². The summed E-state index contributed by atoms with van der Waals surface area (Å²) in [5.74, 6) is 3.67. The lowest BCUT2D eigenvalue weighted by molar-refractivity contribution is 0.525. The standard InChI is InChI=1S/C13H19NS2/c1-2-11-6-12(16-13(11)3-1)8-14-7-10-4-5-15-9-10/h6,10,14H,1-5,7-9H2.